The number of piperidine rings is 1. The molecular weight excluding hydrogens is 234 g/mol. The van der Waals surface area contributed by atoms with Crippen molar-refractivity contribution in [3.8, 4) is 6.07 Å². The molecule has 3 heteroatoms. The summed E-state index contributed by atoms with van der Waals surface area (Å²) >= 11 is 0. The van der Waals surface area contributed by atoms with Crippen molar-refractivity contribution in [1.29, 1.82) is 5.26 Å². The van der Waals surface area contributed by atoms with Gasteiger partial charge in [-0.2, -0.15) is 5.26 Å². The Labute approximate surface area is 116 Å². The normalized spacial score (nSPS) is 25.8. The van der Waals surface area contributed by atoms with Crippen LogP contribution in [0.3, 0.4) is 0 Å². The van der Waals surface area contributed by atoms with E-state index in [1.165, 1.54) is 24.8 Å². The van der Waals surface area contributed by atoms with Crippen LogP contribution in [-0.2, 0) is 0 Å². The summed E-state index contributed by atoms with van der Waals surface area (Å²) < 4.78 is 0. The minimum Gasteiger partial charge on any atom is -0.247 e. The summed E-state index contributed by atoms with van der Waals surface area (Å²) in [6, 6.07) is 11.4. The molecule has 19 heavy (non-hydrogen) atoms. The maximum atomic E-state index is 8.97. The van der Waals surface area contributed by atoms with E-state index in [9.17, 15) is 0 Å². The quantitative estimate of drug-likeness (QED) is 0.902. The number of hydrazine groups is 1. The maximum absolute atomic E-state index is 8.97. The molecule has 1 aromatic rings. The minimum atomic E-state index is 0.233. The second kappa shape index (κ2) is 6.18. The van der Waals surface area contributed by atoms with Gasteiger partial charge in [0.1, 0.15) is 0 Å². The number of rotatable bonds is 3. The molecule has 1 aliphatic rings. The van der Waals surface area contributed by atoms with E-state index in [4.69, 9.17) is 5.26 Å². The van der Waals surface area contributed by atoms with E-state index in [2.05, 4.69) is 43.3 Å². The smallest absolute Gasteiger partial charge is 0.0991 e. The van der Waals surface area contributed by atoms with E-state index in [1.807, 2.05) is 18.2 Å². The van der Waals surface area contributed by atoms with Crippen LogP contribution in [0.2, 0.25) is 0 Å². The fourth-order valence-corrected chi connectivity index (χ4v) is 2.85. The molecule has 1 aromatic carbocycles. The van der Waals surface area contributed by atoms with Crippen molar-refractivity contribution in [3.05, 3.63) is 35.4 Å². The number of hydrogen-bond acceptors (Lipinski definition) is 3. The molecule has 0 spiro atoms. The molecule has 0 amide bonds. The molecule has 0 radical (unpaired) electrons. The van der Waals surface area contributed by atoms with Crippen molar-refractivity contribution in [2.24, 2.45) is 0 Å². The van der Waals surface area contributed by atoms with Crippen LogP contribution < -0.4 is 5.43 Å². The van der Waals surface area contributed by atoms with E-state index < -0.39 is 0 Å². The molecule has 0 bridgehead atoms. The van der Waals surface area contributed by atoms with Crippen molar-refractivity contribution in [2.75, 3.05) is 0 Å². The third-order valence-electron chi connectivity index (χ3n) is 4.05. The van der Waals surface area contributed by atoms with Gasteiger partial charge in [-0.05, 0) is 51.3 Å². The molecule has 1 fully saturated rings. The lowest BCUT2D eigenvalue weighted by atomic mass is 9.99. The molecule has 1 heterocycles. The van der Waals surface area contributed by atoms with E-state index in [1.54, 1.807) is 0 Å². The first-order valence-electron chi connectivity index (χ1n) is 7.16. The van der Waals surface area contributed by atoms with Gasteiger partial charge in [0.2, 0.25) is 0 Å². The summed E-state index contributed by atoms with van der Waals surface area (Å²) in [7, 11) is 0. The number of benzene rings is 1. The lowest BCUT2D eigenvalue weighted by molar-refractivity contribution is 0.0320. The highest BCUT2D eigenvalue weighted by atomic mass is 15.5. The Morgan fingerprint density at radius 2 is 2.00 bits per heavy atom. The zero-order chi connectivity index (χ0) is 13.8. The zero-order valence-electron chi connectivity index (χ0n) is 12.1. The van der Waals surface area contributed by atoms with Crippen molar-refractivity contribution < 1.29 is 0 Å². The van der Waals surface area contributed by atoms with Gasteiger partial charge in [0.25, 0.3) is 0 Å². The number of hydrogen-bond donors (Lipinski definition) is 1. The second-order valence-electron chi connectivity index (χ2n) is 5.62. The summed E-state index contributed by atoms with van der Waals surface area (Å²) in [5, 5.41) is 11.4. The first kappa shape index (κ1) is 14.0. The van der Waals surface area contributed by atoms with E-state index in [-0.39, 0.29) is 6.04 Å². The topological polar surface area (TPSA) is 39.1 Å². The highest BCUT2D eigenvalue weighted by molar-refractivity contribution is 5.33. The van der Waals surface area contributed by atoms with Gasteiger partial charge in [-0.25, -0.2) is 10.4 Å². The monoisotopic (exact) mass is 257 g/mol. The average molecular weight is 257 g/mol. The second-order valence-corrected chi connectivity index (χ2v) is 5.62. The summed E-state index contributed by atoms with van der Waals surface area (Å²) in [5.74, 6) is 0. The first-order valence-corrected chi connectivity index (χ1v) is 7.16. The predicted octanol–water partition coefficient (Wildman–Crippen LogP) is 3.39. The van der Waals surface area contributed by atoms with Crippen LogP contribution in [0, 0.1) is 11.3 Å². The molecule has 0 aliphatic carbocycles. The summed E-state index contributed by atoms with van der Waals surface area (Å²) in [4.78, 5) is 0. The molecule has 0 saturated carbocycles. The van der Waals surface area contributed by atoms with Crippen LogP contribution in [0.1, 0.15) is 57.2 Å². The number of nitrogens with zero attached hydrogens (tertiary/aromatic N) is 2. The Morgan fingerprint density at radius 3 is 2.63 bits per heavy atom. The lowest BCUT2D eigenvalue weighted by Gasteiger charge is -2.41. The van der Waals surface area contributed by atoms with Gasteiger partial charge >= 0.3 is 0 Å². The molecule has 3 nitrogen and oxygen atoms in total. The standard InChI is InChI=1S/C16H23N3/c1-12-6-4-7-13(2)19(12)18-14(3)16-9-5-8-15(10-16)11-17/h5,8-10,12-14,18H,4,6-7H2,1-3H3. The van der Waals surface area contributed by atoms with Crippen molar-refractivity contribution in [1.82, 2.24) is 10.4 Å². The SMILES string of the molecule is CC(NN1C(C)CCCC1C)c1cccc(C#N)c1. The third kappa shape index (κ3) is 3.34. The number of nitriles is 1. The van der Waals surface area contributed by atoms with Gasteiger partial charge in [0.05, 0.1) is 11.6 Å². The average Bonchev–Trinajstić information content (AvgIpc) is 2.43. The van der Waals surface area contributed by atoms with Gasteiger partial charge in [0.15, 0.2) is 0 Å². The van der Waals surface area contributed by atoms with Gasteiger partial charge in [-0.3, -0.25) is 0 Å². The van der Waals surface area contributed by atoms with E-state index in [0.717, 1.165) is 5.56 Å². The van der Waals surface area contributed by atoms with Gasteiger partial charge in [-0.15, -0.1) is 0 Å². The summed E-state index contributed by atoms with van der Waals surface area (Å²) in [5.41, 5.74) is 5.51. The van der Waals surface area contributed by atoms with Crippen LogP contribution >= 0.6 is 0 Å². The molecule has 102 valence electrons. The fraction of sp³-hybridized carbons (Fsp3) is 0.562. The highest BCUT2D eigenvalue weighted by Crippen LogP contribution is 2.23. The Hall–Kier alpha value is -1.37. The molecule has 1 aliphatic heterocycles. The van der Waals surface area contributed by atoms with Crippen LogP contribution in [0.25, 0.3) is 0 Å². The van der Waals surface area contributed by atoms with Crippen LogP contribution in [-0.4, -0.2) is 17.1 Å². The number of nitrogens with one attached hydrogen (secondary N) is 1. The molecule has 3 atom stereocenters. The molecule has 1 N–H and O–H groups in total. The molecule has 3 unspecified atom stereocenters. The fourth-order valence-electron chi connectivity index (χ4n) is 2.85. The molecule has 0 aromatic heterocycles. The zero-order valence-corrected chi connectivity index (χ0v) is 12.1. The van der Waals surface area contributed by atoms with Crippen molar-refractivity contribution in [3.63, 3.8) is 0 Å². The van der Waals surface area contributed by atoms with Gasteiger partial charge < -0.3 is 0 Å². The Balaban J connectivity index is 2.07. The highest BCUT2D eigenvalue weighted by Gasteiger charge is 2.25. The van der Waals surface area contributed by atoms with E-state index >= 15 is 0 Å². The molecular formula is C16H23N3. The van der Waals surface area contributed by atoms with Crippen molar-refractivity contribution in [2.45, 2.75) is 58.2 Å². The Morgan fingerprint density at radius 1 is 1.32 bits per heavy atom. The lowest BCUT2D eigenvalue weighted by Crippen LogP contribution is -2.52. The van der Waals surface area contributed by atoms with Crippen LogP contribution in [0.5, 0.6) is 0 Å². The molecule has 1 saturated heterocycles. The van der Waals surface area contributed by atoms with E-state index in [0.29, 0.717) is 12.1 Å². The predicted molar refractivity (Wildman–Crippen MR) is 77.3 cm³/mol. The Bertz CT molecular complexity index is 453. The molecule has 2 rings (SSSR count). The maximum Gasteiger partial charge on any atom is 0.0991 e. The summed E-state index contributed by atoms with van der Waals surface area (Å²) in [6.45, 7) is 6.71. The van der Waals surface area contributed by atoms with Crippen LogP contribution in [0.4, 0.5) is 0 Å². The minimum absolute atomic E-state index is 0.233. The third-order valence-corrected chi connectivity index (χ3v) is 4.05. The van der Waals surface area contributed by atoms with Gasteiger partial charge in [0, 0.05) is 18.1 Å². The van der Waals surface area contributed by atoms with Gasteiger partial charge in [-0.1, -0.05) is 18.6 Å². The Kier molecular flexibility index (Phi) is 4.57. The summed E-state index contributed by atoms with van der Waals surface area (Å²) in [6.07, 6.45) is 3.82. The van der Waals surface area contributed by atoms with Crippen molar-refractivity contribution >= 4 is 0 Å². The van der Waals surface area contributed by atoms with Crippen LogP contribution in [0.15, 0.2) is 24.3 Å². The largest absolute Gasteiger partial charge is 0.247 e. The first-order chi connectivity index (χ1) is 9.11.